The summed E-state index contributed by atoms with van der Waals surface area (Å²) >= 11 is 0. The van der Waals surface area contributed by atoms with Gasteiger partial charge in [-0.2, -0.15) is 0 Å². The average molecular weight is 329 g/mol. The first kappa shape index (κ1) is 18.8. The lowest BCUT2D eigenvalue weighted by atomic mass is 10.2. The molecule has 0 aromatic carbocycles. The number of nitro groups is 1. The molecule has 0 fully saturated rings. The smallest absolute Gasteiger partial charge is 0.331 e. The van der Waals surface area contributed by atoms with Crippen LogP contribution in [0, 0.1) is 10.1 Å². The second kappa shape index (κ2) is 7.37. The van der Waals surface area contributed by atoms with Crippen molar-refractivity contribution < 1.29 is 18.9 Å². The summed E-state index contributed by atoms with van der Waals surface area (Å²) in [5.74, 6) is -0.517. The number of cyclic esters (lactones) is 1. The number of rotatable bonds is 8. The number of hydrogen-bond acceptors (Lipinski definition) is 5. The van der Waals surface area contributed by atoms with Crippen LogP contribution >= 0.6 is 0 Å². The van der Waals surface area contributed by atoms with Crippen molar-refractivity contribution in [3.8, 4) is 0 Å². The molecule has 1 unspecified atom stereocenters. The second-order valence-corrected chi connectivity index (χ2v) is 12.2. The molecular weight excluding hydrogens is 302 g/mol. The predicted octanol–water partition coefficient (Wildman–Crippen LogP) is 3.31. The Bertz CT molecular complexity index is 437. The molecule has 0 N–H and O–H groups in total. The maximum atomic E-state index is 11.4. The van der Waals surface area contributed by atoms with Crippen LogP contribution in [0.2, 0.25) is 16.6 Å². The van der Waals surface area contributed by atoms with Crippen LogP contribution in [0.1, 0.15) is 41.5 Å². The molecule has 0 aromatic heterocycles. The molecule has 0 bridgehead atoms. The van der Waals surface area contributed by atoms with Crippen LogP contribution < -0.4 is 0 Å². The predicted molar refractivity (Wildman–Crippen MR) is 86.8 cm³/mol. The van der Waals surface area contributed by atoms with Crippen LogP contribution in [0.25, 0.3) is 0 Å². The Labute approximate surface area is 133 Å². The van der Waals surface area contributed by atoms with Crippen molar-refractivity contribution >= 4 is 14.3 Å². The highest BCUT2D eigenvalue weighted by Crippen LogP contribution is 2.42. The SMILES string of the molecule is CC(C)[Si](OCC1OC(=O)C=C1C[N+](=O)[O-])(C(C)C)C(C)C. The van der Waals surface area contributed by atoms with E-state index in [1.165, 1.54) is 6.08 Å². The van der Waals surface area contributed by atoms with E-state index in [1.807, 2.05) is 0 Å². The molecule has 0 saturated carbocycles. The van der Waals surface area contributed by atoms with Crippen molar-refractivity contribution in [1.29, 1.82) is 0 Å². The van der Waals surface area contributed by atoms with Crippen molar-refractivity contribution in [2.75, 3.05) is 13.2 Å². The van der Waals surface area contributed by atoms with E-state index in [0.29, 0.717) is 22.2 Å². The minimum absolute atomic E-state index is 0.214. The summed E-state index contributed by atoms with van der Waals surface area (Å²) in [5, 5.41) is 10.7. The molecule has 1 rings (SSSR count). The minimum Gasteiger partial charge on any atom is -0.452 e. The summed E-state index contributed by atoms with van der Waals surface area (Å²) in [5.41, 5.74) is 1.63. The first-order valence-corrected chi connectivity index (χ1v) is 9.92. The third-order valence-electron chi connectivity index (χ3n) is 4.48. The maximum Gasteiger partial charge on any atom is 0.331 e. The molecule has 22 heavy (non-hydrogen) atoms. The standard InChI is InChI=1S/C15H27NO5Si/c1-10(2)22(11(3)4,12(5)6)20-9-14-13(8-16(18)19)7-15(17)21-14/h7,10-12,14H,8-9H2,1-6H3. The van der Waals surface area contributed by atoms with Crippen LogP contribution in [0.15, 0.2) is 11.6 Å². The summed E-state index contributed by atoms with van der Waals surface area (Å²) < 4.78 is 11.5. The molecule has 0 aromatic rings. The molecule has 1 atom stereocenters. The van der Waals surface area contributed by atoms with E-state index in [9.17, 15) is 14.9 Å². The summed E-state index contributed by atoms with van der Waals surface area (Å²) in [6.07, 6.45) is 0.598. The van der Waals surface area contributed by atoms with Gasteiger partial charge in [0.05, 0.1) is 6.61 Å². The van der Waals surface area contributed by atoms with Gasteiger partial charge in [0, 0.05) is 16.6 Å². The van der Waals surface area contributed by atoms with Gasteiger partial charge < -0.3 is 9.16 Å². The fourth-order valence-electron chi connectivity index (χ4n) is 3.65. The number of nitrogens with zero attached hydrogens (tertiary/aromatic N) is 1. The van der Waals surface area contributed by atoms with Gasteiger partial charge >= 0.3 is 5.97 Å². The molecule has 1 aliphatic rings. The average Bonchev–Trinajstić information content (AvgIpc) is 2.67. The highest BCUT2D eigenvalue weighted by Gasteiger charge is 2.46. The monoisotopic (exact) mass is 329 g/mol. The lowest BCUT2D eigenvalue weighted by Crippen LogP contribution is -2.49. The largest absolute Gasteiger partial charge is 0.452 e. The quantitative estimate of drug-likeness (QED) is 0.295. The number of carbonyl (C=O) groups excluding carboxylic acids is 1. The zero-order valence-electron chi connectivity index (χ0n) is 14.3. The molecule has 0 amide bonds. The molecule has 1 heterocycles. The number of ether oxygens (including phenoxy) is 1. The molecule has 0 aliphatic carbocycles. The lowest BCUT2D eigenvalue weighted by Gasteiger charge is -2.42. The normalized spacial score (nSPS) is 19.0. The van der Waals surface area contributed by atoms with Gasteiger partial charge in [0.1, 0.15) is 0 Å². The van der Waals surface area contributed by atoms with Crippen molar-refractivity contribution in [3.05, 3.63) is 21.8 Å². The lowest BCUT2D eigenvalue weighted by molar-refractivity contribution is -0.471. The van der Waals surface area contributed by atoms with Gasteiger partial charge in [-0.25, -0.2) is 4.79 Å². The fraction of sp³-hybridized carbons (Fsp3) is 0.800. The van der Waals surface area contributed by atoms with Crippen LogP contribution in [0.3, 0.4) is 0 Å². The van der Waals surface area contributed by atoms with Crippen LogP contribution in [0.4, 0.5) is 0 Å². The Morgan fingerprint density at radius 1 is 1.23 bits per heavy atom. The molecule has 1 aliphatic heterocycles. The summed E-state index contributed by atoms with van der Waals surface area (Å²) in [4.78, 5) is 21.7. The number of esters is 1. The van der Waals surface area contributed by atoms with Crippen LogP contribution in [0.5, 0.6) is 0 Å². The van der Waals surface area contributed by atoms with E-state index in [1.54, 1.807) is 0 Å². The molecular formula is C15H27NO5Si. The van der Waals surface area contributed by atoms with E-state index in [0.717, 1.165) is 0 Å². The van der Waals surface area contributed by atoms with Gasteiger partial charge in [-0.15, -0.1) is 0 Å². The van der Waals surface area contributed by atoms with Gasteiger partial charge in [-0.1, -0.05) is 41.5 Å². The Morgan fingerprint density at radius 3 is 2.14 bits per heavy atom. The van der Waals surface area contributed by atoms with Crippen molar-refractivity contribution in [3.63, 3.8) is 0 Å². The zero-order chi connectivity index (χ0) is 17.1. The van der Waals surface area contributed by atoms with Crippen LogP contribution in [-0.2, 0) is 14.0 Å². The first-order chi connectivity index (χ1) is 10.1. The number of carbonyl (C=O) groups is 1. The molecule has 7 heteroatoms. The van der Waals surface area contributed by atoms with Gasteiger partial charge in [0.15, 0.2) is 6.10 Å². The van der Waals surface area contributed by atoms with Gasteiger partial charge in [-0.3, -0.25) is 10.1 Å². The molecule has 0 saturated heterocycles. The Hall–Kier alpha value is -1.21. The van der Waals surface area contributed by atoms with Gasteiger partial charge in [0.25, 0.3) is 0 Å². The third-order valence-corrected chi connectivity index (χ3v) is 10.6. The van der Waals surface area contributed by atoms with E-state index >= 15 is 0 Å². The Morgan fingerprint density at radius 2 is 1.73 bits per heavy atom. The topological polar surface area (TPSA) is 78.7 Å². The summed E-state index contributed by atoms with van der Waals surface area (Å²) in [7, 11) is -2.08. The van der Waals surface area contributed by atoms with Crippen molar-refractivity contribution in [2.45, 2.75) is 64.3 Å². The number of hydrogen-bond donors (Lipinski definition) is 0. The zero-order valence-corrected chi connectivity index (χ0v) is 15.3. The molecule has 0 radical (unpaired) electrons. The summed E-state index contributed by atoms with van der Waals surface area (Å²) in [6, 6.07) is 0. The van der Waals surface area contributed by atoms with Crippen LogP contribution in [-0.4, -0.2) is 38.5 Å². The van der Waals surface area contributed by atoms with Crippen molar-refractivity contribution in [1.82, 2.24) is 0 Å². The molecule has 126 valence electrons. The fourth-order valence-corrected chi connectivity index (χ4v) is 9.09. The Balaban J connectivity index is 2.87. The highest BCUT2D eigenvalue weighted by atomic mass is 28.4. The van der Waals surface area contributed by atoms with E-state index in [-0.39, 0.29) is 13.2 Å². The summed E-state index contributed by atoms with van der Waals surface area (Å²) in [6.45, 7) is 12.8. The highest BCUT2D eigenvalue weighted by molar-refractivity contribution is 6.77. The third kappa shape index (κ3) is 3.95. The maximum absolute atomic E-state index is 11.4. The second-order valence-electron chi connectivity index (χ2n) is 6.76. The van der Waals surface area contributed by atoms with Crippen molar-refractivity contribution in [2.24, 2.45) is 0 Å². The minimum atomic E-state index is -2.08. The Kier molecular flexibility index (Phi) is 6.31. The van der Waals surface area contributed by atoms with Gasteiger partial charge in [-0.05, 0) is 16.6 Å². The first-order valence-electron chi connectivity index (χ1n) is 7.78. The molecule has 0 spiro atoms. The van der Waals surface area contributed by atoms with Gasteiger partial charge in [0.2, 0.25) is 14.9 Å². The molecule has 6 nitrogen and oxygen atoms in total. The van der Waals surface area contributed by atoms with E-state index in [4.69, 9.17) is 9.16 Å². The van der Waals surface area contributed by atoms with E-state index < -0.39 is 25.3 Å². The van der Waals surface area contributed by atoms with E-state index in [2.05, 4.69) is 41.5 Å².